The Morgan fingerprint density at radius 2 is 2.14 bits per heavy atom. The quantitative estimate of drug-likeness (QED) is 0.483. The van der Waals surface area contributed by atoms with E-state index in [1.165, 1.54) is 6.07 Å². The lowest BCUT2D eigenvalue weighted by molar-refractivity contribution is 0.0991. The van der Waals surface area contributed by atoms with Gasteiger partial charge in [0.1, 0.15) is 6.29 Å². The summed E-state index contributed by atoms with van der Waals surface area (Å²) in [5.74, 6) is -0.184. The van der Waals surface area contributed by atoms with E-state index in [1.54, 1.807) is 19.1 Å². The van der Waals surface area contributed by atoms with Crippen LogP contribution < -0.4 is 0 Å². The molecular weight excluding hydrogens is 267 g/mol. The van der Waals surface area contributed by atoms with Crippen LogP contribution in [0.3, 0.4) is 0 Å². The number of carbonyl (C=O) groups excluding carboxylic acids is 2. The second-order valence-corrected chi connectivity index (χ2v) is 4.44. The van der Waals surface area contributed by atoms with Gasteiger partial charge in [-0.2, -0.15) is 0 Å². The summed E-state index contributed by atoms with van der Waals surface area (Å²) in [6.07, 6.45) is 0.695. The molecule has 1 atom stereocenters. The molecule has 0 fully saturated rings. The van der Waals surface area contributed by atoms with Crippen LogP contribution in [0, 0.1) is 0 Å². The normalized spacial score (nSPS) is 12.2. The highest BCUT2D eigenvalue weighted by Crippen LogP contribution is 2.17. The number of benzene rings is 1. The smallest absolute Gasteiger partial charge is 0.180 e. The monoisotopic (exact) mass is 274 g/mol. The van der Waals surface area contributed by atoms with Crippen LogP contribution in [0.4, 0.5) is 0 Å². The van der Waals surface area contributed by atoms with Gasteiger partial charge in [-0.05, 0) is 25.1 Å². The SMILES string of the molecule is CC(Cl)C(=O)c1cc(Br)cc(C=O)c1. The van der Waals surface area contributed by atoms with Gasteiger partial charge in [0.15, 0.2) is 5.78 Å². The van der Waals surface area contributed by atoms with Crippen LogP contribution in [-0.4, -0.2) is 17.4 Å². The number of carbonyl (C=O) groups is 2. The molecule has 0 aromatic heterocycles. The average molecular weight is 276 g/mol. The van der Waals surface area contributed by atoms with Crippen LogP contribution >= 0.6 is 27.5 Å². The Balaban J connectivity index is 3.15. The van der Waals surface area contributed by atoms with Crippen molar-refractivity contribution in [2.24, 2.45) is 0 Å². The van der Waals surface area contributed by atoms with E-state index < -0.39 is 5.38 Å². The fourth-order valence-corrected chi connectivity index (χ4v) is 1.69. The van der Waals surface area contributed by atoms with Crippen molar-refractivity contribution >= 4 is 39.6 Å². The Bertz CT molecular complexity index is 374. The number of rotatable bonds is 3. The molecule has 0 aliphatic rings. The minimum absolute atomic E-state index is 0.184. The number of hydrogen-bond donors (Lipinski definition) is 0. The molecule has 0 aliphatic heterocycles. The van der Waals surface area contributed by atoms with Crippen molar-refractivity contribution in [1.29, 1.82) is 0 Å². The molecule has 0 bridgehead atoms. The zero-order chi connectivity index (χ0) is 10.7. The van der Waals surface area contributed by atoms with Gasteiger partial charge in [-0.3, -0.25) is 9.59 Å². The molecule has 0 N–H and O–H groups in total. The molecule has 0 radical (unpaired) electrons. The lowest BCUT2D eigenvalue weighted by atomic mass is 10.1. The van der Waals surface area contributed by atoms with Crippen molar-refractivity contribution in [1.82, 2.24) is 0 Å². The summed E-state index contributed by atoms with van der Waals surface area (Å²) < 4.78 is 0.697. The Hall–Kier alpha value is -0.670. The third-order valence-electron chi connectivity index (χ3n) is 1.70. The Morgan fingerprint density at radius 1 is 1.50 bits per heavy atom. The van der Waals surface area contributed by atoms with Crippen molar-refractivity contribution in [2.75, 3.05) is 0 Å². The number of Topliss-reactive ketones (excluding diaryl/α,β-unsaturated/α-hetero) is 1. The number of ketones is 1. The summed E-state index contributed by atoms with van der Waals surface area (Å²) in [5, 5.41) is -0.580. The lowest BCUT2D eigenvalue weighted by Gasteiger charge is -2.03. The van der Waals surface area contributed by atoms with Crippen LogP contribution in [0.1, 0.15) is 27.6 Å². The fraction of sp³-hybridized carbons (Fsp3) is 0.200. The van der Waals surface area contributed by atoms with Crippen LogP contribution in [0.2, 0.25) is 0 Å². The van der Waals surface area contributed by atoms with Gasteiger partial charge in [-0.15, -0.1) is 11.6 Å². The molecular formula is C10H8BrClO2. The third-order valence-corrected chi connectivity index (χ3v) is 2.36. The first-order valence-corrected chi connectivity index (χ1v) is 5.21. The molecule has 0 saturated carbocycles. The molecule has 74 valence electrons. The van der Waals surface area contributed by atoms with Crippen LogP contribution in [0.15, 0.2) is 22.7 Å². The maximum atomic E-state index is 11.5. The molecule has 1 unspecified atom stereocenters. The minimum atomic E-state index is -0.580. The van der Waals surface area contributed by atoms with E-state index in [0.29, 0.717) is 21.9 Å². The second kappa shape index (κ2) is 4.71. The van der Waals surface area contributed by atoms with Crippen molar-refractivity contribution in [2.45, 2.75) is 12.3 Å². The van der Waals surface area contributed by atoms with Crippen LogP contribution in [0.25, 0.3) is 0 Å². The van der Waals surface area contributed by atoms with Gasteiger partial charge in [0.25, 0.3) is 0 Å². The zero-order valence-electron chi connectivity index (χ0n) is 7.46. The predicted molar refractivity (Wildman–Crippen MR) is 59.2 cm³/mol. The first kappa shape index (κ1) is 11.4. The zero-order valence-corrected chi connectivity index (χ0v) is 9.80. The molecule has 0 saturated heterocycles. The van der Waals surface area contributed by atoms with E-state index in [9.17, 15) is 9.59 Å². The first-order valence-electron chi connectivity index (χ1n) is 3.98. The number of aldehydes is 1. The highest BCUT2D eigenvalue weighted by Gasteiger charge is 2.13. The summed E-state index contributed by atoms with van der Waals surface area (Å²) in [7, 11) is 0. The van der Waals surface area contributed by atoms with Gasteiger partial charge in [0.05, 0.1) is 5.38 Å². The number of hydrogen-bond acceptors (Lipinski definition) is 2. The lowest BCUT2D eigenvalue weighted by Crippen LogP contribution is -2.10. The Morgan fingerprint density at radius 3 is 2.64 bits per heavy atom. The van der Waals surface area contributed by atoms with E-state index in [2.05, 4.69) is 15.9 Å². The van der Waals surface area contributed by atoms with Crippen molar-refractivity contribution in [3.05, 3.63) is 33.8 Å². The molecule has 14 heavy (non-hydrogen) atoms. The molecule has 0 spiro atoms. The van der Waals surface area contributed by atoms with Crippen LogP contribution in [-0.2, 0) is 0 Å². The van der Waals surface area contributed by atoms with Crippen LogP contribution in [0.5, 0.6) is 0 Å². The molecule has 1 rings (SSSR count). The van der Waals surface area contributed by atoms with E-state index in [-0.39, 0.29) is 5.78 Å². The average Bonchev–Trinajstić information content (AvgIpc) is 2.15. The highest BCUT2D eigenvalue weighted by molar-refractivity contribution is 9.10. The second-order valence-electron chi connectivity index (χ2n) is 2.87. The molecule has 1 aromatic carbocycles. The van der Waals surface area contributed by atoms with E-state index in [1.807, 2.05) is 0 Å². The number of alkyl halides is 1. The molecule has 2 nitrogen and oxygen atoms in total. The summed E-state index contributed by atoms with van der Waals surface area (Å²) >= 11 is 8.87. The van der Waals surface area contributed by atoms with Gasteiger partial charge in [0, 0.05) is 15.6 Å². The van der Waals surface area contributed by atoms with E-state index in [4.69, 9.17) is 11.6 Å². The standard InChI is InChI=1S/C10H8BrClO2/c1-6(12)10(14)8-2-7(5-13)3-9(11)4-8/h2-6H,1H3. The number of halogens is 2. The maximum absolute atomic E-state index is 11.5. The fourth-order valence-electron chi connectivity index (χ4n) is 1.05. The van der Waals surface area contributed by atoms with Gasteiger partial charge >= 0.3 is 0 Å². The molecule has 0 amide bonds. The summed E-state index contributed by atoms with van der Waals surface area (Å²) in [6, 6.07) is 4.82. The Labute approximate surface area is 95.4 Å². The van der Waals surface area contributed by atoms with Gasteiger partial charge in [0.2, 0.25) is 0 Å². The summed E-state index contributed by atoms with van der Waals surface area (Å²) in [5.41, 5.74) is 0.906. The molecule has 0 aliphatic carbocycles. The van der Waals surface area contributed by atoms with Crippen molar-refractivity contribution in [3.63, 3.8) is 0 Å². The highest BCUT2D eigenvalue weighted by atomic mass is 79.9. The summed E-state index contributed by atoms with van der Waals surface area (Å²) in [4.78, 5) is 22.0. The first-order chi connectivity index (χ1) is 6.54. The van der Waals surface area contributed by atoms with Crippen molar-refractivity contribution in [3.8, 4) is 0 Å². The van der Waals surface area contributed by atoms with Gasteiger partial charge in [-0.1, -0.05) is 15.9 Å². The van der Waals surface area contributed by atoms with E-state index in [0.717, 1.165) is 0 Å². The topological polar surface area (TPSA) is 34.1 Å². The largest absolute Gasteiger partial charge is 0.298 e. The van der Waals surface area contributed by atoms with Gasteiger partial charge < -0.3 is 0 Å². The third kappa shape index (κ3) is 2.66. The van der Waals surface area contributed by atoms with Crippen molar-refractivity contribution < 1.29 is 9.59 Å². The molecule has 1 aromatic rings. The predicted octanol–water partition coefficient (Wildman–Crippen LogP) is 3.07. The molecule has 4 heteroatoms. The summed E-state index contributed by atoms with van der Waals surface area (Å²) in [6.45, 7) is 1.60. The maximum Gasteiger partial charge on any atom is 0.180 e. The Kier molecular flexibility index (Phi) is 3.84. The van der Waals surface area contributed by atoms with E-state index >= 15 is 0 Å². The minimum Gasteiger partial charge on any atom is -0.298 e. The molecule has 0 heterocycles. The van der Waals surface area contributed by atoms with Gasteiger partial charge in [-0.25, -0.2) is 0 Å².